The number of hydrogen-bond acceptors (Lipinski definition) is 4. The van der Waals surface area contributed by atoms with Crippen LogP contribution in [0.3, 0.4) is 0 Å². The molecule has 0 fully saturated rings. The minimum atomic E-state index is 0.0195. The molecule has 0 saturated carbocycles. The summed E-state index contributed by atoms with van der Waals surface area (Å²) in [7, 11) is 1.57. The molecule has 4 heteroatoms. The van der Waals surface area contributed by atoms with Gasteiger partial charge in [0.1, 0.15) is 0 Å². The first-order chi connectivity index (χ1) is 7.72. The molecule has 16 heavy (non-hydrogen) atoms. The molecule has 0 aliphatic carbocycles. The Hall–Kier alpha value is -1.55. The standard InChI is InChI=1S/C12H17NO3/c1-3-16-12-8-9(10(14)6-7-13)4-5-11(12)15-2/h4-5,8H,3,6-7,13H2,1-2H3. The number of rotatable bonds is 6. The lowest BCUT2D eigenvalue weighted by Crippen LogP contribution is -2.08. The SMILES string of the molecule is CCOc1cc(C(=O)CCN)ccc1OC. The van der Waals surface area contributed by atoms with Crippen LogP contribution in [0.2, 0.25) is 0 Å². The van der Waals surface area contributed by atoms with Gasteiger partial charge in [0.2, 0.25) is 0 Å². The smallest absolute Gasteiger partial charge is 0.164 e. The van der Waals surface area contributed by atoms with Crippen molar-refractivity contribution in [2.45, 2.75) is 13.3 Å². The molecule has 1 aromatic carbocycles. The lowest BCUT2D eigenvalue weighted by atomic mass is 10.1. The van der Waals surface area contributed by atoms with Crippen molar-refractivity contribution in [3.63, 3.8) is 0 Å². The maximum atomic E-state index is 11.6. The molecule has 1 aromatic rings. The van der Waals surface area contributed by atoms with Crippen LogP contribution < -0.4 is 15.2 Å². The molecular formula is C12H17NO3. The van der Waals surface area contributed by atoms with Crippen molar-refractivity contribution in [3.05, 3.63) is 23.8 Å². The zero-order valence-corrected chi connectivity index (χ0v) is 9.66. The number of methoxy groups -OCH3 is 1. The van der Waals surface area contributed by atoms with Gasteiger partial charge in [0.05, 0.1) is 13.7 Å². The summed E-state index contributed by atoms with van der Waals surface area (Å²) in [4.78, 5) is 11.6. The van der Waals surface area contributed by atoms with Gasteiger partial charge in [0, 0.05) is 12.0 Å². The average molecular weight is 223 g/mol. The van der Waals surface area contributed by atoms with Crippen LogP contribution >= 0.6 is 0 Å². The van der Waals surface area contributed by atoms with Crippen molar-refractivity contribution in [1.29, 1.82) is 0 Å². The molecule has 2 N–H and O–H groups in total. The van der Waals surface area contributed by atoms with E-state index in [-0.39, 0.29) is 5.78 Å². The second-order valence-corrected chi connectivity index (χ2v) is 3.26. The van der Waals surface area contributed by atoms with Crippen LogP contribution in [0.4, 0.5) is 0 Å². The fourth-order valence-electron chi connectivity index (χ4n) is 1.39. The average Bonchev–Trinajstić information content (AvgIpc) is 2.29. The molecule has 0 amide bonds. The zero-order chi connectivity index (χ0) is 12.0. The van der Waals surface area contributed by atoms with E-state index in [0.717, 1.165) is 0 Å². The molecule has 0 spiro atoms. The number of benzene rings is 1. The van der Waals surface area contributed by atoms with Crippen molar-refractivity contribution >= 4 is 5.78 Å². The van der Waals surface area contributed by atoms with Gasteiger partial charge in [-0.1, -0.05) is 0 Å². The monoisotopic (exact) mass is 223 g/mol. The Morgan fingerprint density at radius 3 is 2.69 bits per heavy atom. The van der Waals surface area contributed by atoms with E-state index in [2.05, 4.69) is 0 Å². The van der Waals surface area contributed by atoms with Crippen LogP contribution in [0.1, 0.15) is 23.7 Å². The van der Waals surface area contributed by atoms with Crippen LogP contribution in [0, 0.1) is 0 Å². The summed E-state index contributed by atoms with van der Waals surface area (Å²) in [5.74, 6) is 1.24. The minimum absolute atomic E-state index is 0.0195. The molecule has 0 saturated heterocycles. The first kappa shape index (κ1) is 12.5. The van der Waals surface area contributed by atoms with Gasteiger partial charge in [0.25, 0.3) is 0 Å². The van der Waals surface area contributed by atoms with E-state index in [4.69, 9.17) is 15.2 Å². The molecule has 88 valence electrons. The Morgan fingerprint density at radius 2 is 2.12 bits per heavy atom. The summed E-state index contributed by atoms with van der Waals surface area (Å²) in [6, 6.07) is 5.15. The molecule has 4 nitrogen and oxygen atoms in total. The molecule has 0 heterocycles. The topological polar surface area (TPSA) is 61.5 Å². The van der Waals surface area contributed by atoms with Gasteiger partial charge in [0.15, 0.2) is 17.3 Å². The van der Waals surface area contributed by atoms with Gasteiger partial charge < -0.3 is 15.2 Å². The van der Waals surface area contributed by atoms with Gasteiger partial charge in [-0.2, -0.15) is 0 Å². The highest BCUT2D eigenvalue weighted by Gasteiger charge is 2.10. The summed E-state index contributed by atoms with van der Waals surface area (Å²) >= 11 is 0. The van der Waals surface area contributed by atoms with E-state index >= 15 is 0 Å². The van der Waals surface area contributed by atoms with E-state index in [1.807, 2.05) is 6.92 Å². The van der Waals surface area contributed by atoms with Crippen molar-refractivity contribution in [1.82, 2.24) is 0 Å². The van der Waals surface area contributed by atoms with E-state index in [1.54, 1.807) is 25.3 Å². The minimum Gasteiger partial charge on any atom is -0.493 e. The second-order valence-electron chi connectivity index (χ2n) is 3.26. The van der Waals surface area contributed by atoms with E-state index < -0.39 is 0 Å². The molecule has 0 radical (unpaired) electrons. The second kappa shape index (κ2) is 6.12. The third kappa shape index (κ3) is 2.97. The predicted octanol–water partition coefficient (Wildman–Crippen LogP) is 1.63. The summed E-state index contributed by atoms with van der Waals surface area (Å²) in [6.07, 6.45) is 0.345. The third-order valence-corrected chi connectivity index (χ3v) is 2.16. The predicted molar refractivity (Wildman–Crippen MR) is 62.2 cm³/mol. The summed E-state index contributed by atoms with van der Waals surface area (Å²) in [5, 5.41) is 0. The van der Waals surface area contributed by atoms with Crippen LogP contribution in [-0.4, -0.2) is 26.0 Å². The van der Waals surface area contributed by atoms with E-state index in [0.29, 0.717) is 36.6 Å². The molecule has 0 aliphatic rings. The van der Waals surface area contributed by atoms with E-state index in [1.165, 1.54) is 0 Å². The van der Waals surface area contributed by atoms with Crippen molar-refractivity contribution < 1.29 is 14.3 Å². The van der Waals surface area contributed by atoms with Gasteiger partial charge in [-0.05, 0) is 31.7 Å². The number of ketones is 1. The summed E-state index contributed by atoms with van der Waals surface area (Å²) < 4.78 is 10.5. The van der Waals surface area contributed by atoms with Gasteiger partial charge in [-0.3, -0.25) is 4.79 Å². The number of carbonyl (C=O) groups excluding carboxylic acids is 1. The summed E-state index contributed by atoms with van der Waals surface area (Å²) in [6.45, 7) is 2.77. The van der Waals surface area contributed by atoms with Gasteiger partial charge in [-0.25, -0.2) is 0 Å². The molecule has 1 rings (SSSR count). The van der Waals surface area contributed by atoms with Crippen LogP contribution in [0.25, 0.3) is 0 Å². The highest BCUT2D eigenvalue weighted by Crippen LogP contribution is 2.28. The molecule has 0 atom stereocenters. The molecule has 0 aliphatic heterocycles. The zero-order valence-electron chi connectivity index (χ0n) is 9.66. The van der Waals surface area contributed by atoms with Crippen LogP contribution in [0.15, 0.2) is 18.2 Å². The maximum absolute atomic E-state index is 11.6. The number of nitrogens with two attached hydrogens (primary N) is 1. The number of carbonyl (C=O) groups is 1. The highest BCUT2D eigenvalue weighted by atomic mass is 16.5. The fourth-order valence-corrected chi connectivity index (χ4v) is 1.39. The first-order valence-electron chi connectivity index (χ1n) is 5.27. The van der Waals surface area contributed by atoms with Crippen LogP contribution in [0.5, 0.6) is 11.5 Å². The molecular weight excluding hydrogens is 206 g/mol. The highest BCUT2D eigenvalue weighted by molar-refractivity contribution is 5.96. The molecule has 0 bridgehead atoms. The van der Waals surface area contributed by atoms with Gasteiger partial charge in [-0.15, -0.1) is 0 Å². The van der Waals surface area contributed by atoms with Crippen molar-refractivity contribution in [3.8, 4) is 11.5 Å². The normalized spacial score (nSPS) is 9.94. The Kier molecular flexibility index (Phi) is 4.79. The lowest BCUT2D eigenvalue weighted by molar-refractivity contribution is 0.0985. The third-order valence-electron chi connectivity index (χ3n) is 2.16. The Balaban J connectivity index is 2.96. The largest absolute Gasteiger partial charge is 0.493 e. The van der Waals surface area contributed by atoms with Crippen molar-refractivity contribution in [2.24, 2.45) is 5.73 Å². The quantitative estimate of drug-likeness (QED) is 0.744. The van der Waals surface area contributed by atoms with Crippen molar-refractivity contribution in [2.75, 3.05) is 20.3 Å². The number of ether oxygens (including phenoxy) is 2. The lowest BCUT2D eigenvalue weighted by Gasteiger charge is -2.10. The molecule has 0 unspecified atom stereocenters. The fraction of sp³-hybridized carbons (Fsp3) is 0.417. The summed E-state index contributed by atoms with van der Waals surface area (Å²) in [5.41, 5.74) is 5.95. The number of Topliss-reactive ketones (excluding diaryl/α,β-unsaturated/α-hetero) is 1. The Bertz CT molecular complexity index is 363. The first-order valence-corrected chi connectivity index (χ1v) is 5.27. The van der Waals surface area contributed by atoms with Crippen LogP contribution in [-0.2, 0) is 0 Å². The number of hydrogen-bond donors (Lipinski definition) is 1. The maximum Gasteiger partial charge on any atom is 0.164 e. The molecule has 0 aromatic heterocycles. The Morgan fingerprint density at radius 1 is 1.38 bits per heavy atom. The van der Waals surface area contributed by atoms with E-state index in [9.17, 15) is 4.79 Å². The van der Waals surface area contributed by atoms with Gasteiger partial charge >= 0.3 is 0 Å². The Labute approximate surface area is 95.3 Å².